The van der Waals surface area contributed by atoms with E-state index in [2.05, 4.69) is 5.32 Å². The van der Waals surface area contributed by atoms with Crippen LogP contribution in [0.1, 0.15) is 6.92 Å². The summed E-state index contributed by atoms with van der Waals surface area (Å²) in [6.45, 7) is 2.18. The fourth-order valence-electron chi connectivity index (χ4n) is 0.872. The number of carbonyl (C=O) groups is 1. The molecule has 0 aliphatic heterocycles. The highest BCUT2D eigenvalue weighted by molar-refractivity contribution is 7.80. The Kier molecular flexibility index (Phi) is 4.56. The molecule has 1 aromatic rings. The van der Waals surface area contributed by atoms with Gasteiger partial charge < -0.3 is 9.47 Å². The maximum atomic E-state index is 11.2. The van der Waals surface area contributed by atoms with Crippen molar-refractivity contribution in [3.8, 4) is 5.75 Å². The Morgan fingerprint density at radius 1 is 1.40 bits per heavy atom. The molecular weight excluding hydrogens is 214 g/mol. The minimum atomic E-state index is -0.653. The molecule has 80 valence electrons. The number of rotatable bonds is 2. The second-order valence-corrected chi connectivity index (χ2v) is 2.92. The lowest BCUT2D eigenvalue weighted by Gasteiger charge is -2.07. The van der Waals surface area contributed by atoms with Crippen molar-refractivity contribution >= 4 is 23.5 Å². The molecule has 0 bridgehead atoms. The average molecular weight is 225 g/mol. The lowest BCUT2D eigenvalue weighted by Crippen LogP contribution is -2.33. The second-order valence-electron chi connectivity index (χ2n) is 2.55. The molecule has 0 radical (unpaired) electrons. The monoisotopic (exact) mass is 225 g/mol. The Labute approximate surface area is 93.2 Å². The first-order valence-corrected chi connectivity index (χ1v) is 4.84. The lowest BCUT2D eigenvalue weighted by atomic mass is 10.3. The van der Waals surface area contributed by atoms with Crippen molar-refractivity contribution in [2.75, 3.05) is 6.61 Å². The van der Waals surface area contributed by atoms with Crippen LogP contribution in [0.4, 0.5) is 4.79 Å². The molecule has 5 heteroatoms. The van der Waals surface area contributed by atoms with Gasteiger partial charge in [0.1, 0.15) is 5.75 Å². The predicted molar refractivity (Wildman–Crippen MR) is 59.8 cm³/mol. The van der Waals surface area contributed by atoms with E-state index in [0.29, 0.717) is 12.4 Å². The molecule has 1 rings (SSSR count). The van der Waals surface area contributed by atoms with Crippen molar-refractivity contribution in [1.29, 1.82) is 0 Å². The fraction of sp³-hybridized carbons (Fsp3) is 0.200. The third-order valence-electron chi connectivity index (χ3n) is 1.43. The van der Waals surface area contributed by atoms with Gasteiger partial charge in [0.2, 0.25) is 0 Å². The minimum absolute atomic E-state index is 0.0124. The quantitative estimate of drug-likeness (QED) is 0.783. The number of ether oxygens (including phenoxy) is 2. The summed E-state index contributed by atoms with van der Waals surface area (Å²) >= 11 is 4.71. The fourth-order valence-corrected chi connectivity index (χ4v) is 1.07. The van der Waals surface area contributed by atoms with Gasteiger partial charge in [0, 0.05) is 0 Å². The first-order valence-electron chi connectivity index (χ1n) is 4.43. The molecule has 1 amide bonds. The van der Waals surface area contributed by atoms with E-state index in [4.69, 9.17) is 21.7 Å². The van der Waals surface area contributed by atoms with Gasteiger partial charge in [-0.15, -0.1) is 0 Å². The molecule has 0 atom stereocenters. The van der Waals surface area contributed by atoms with E-state index in [-0.39, 0.29) is 5.17 Å². The standard InChI is InChI=1S/C10H11NO3S/c1-2-13-10(15)11-9(12)14-8-6-4-3-5-7-8/h3-7H,2H2,1H3,(H,11,12,15). The number of benzene rings is 1. The Morgan fingerprint density at radius 2 is 2.07 bits per heavy atom. The van der Waals surface area contributed by atoms with Crippen LogP contribution in [0.25, 0.3) is 0 Å². The zero-order valence-electron chi connectivity index (χ0n) is 8.23. The summed E-state index contributed by atoms with van der Waals surface area (Å²) in [6, 6.07) is 8.70. The molecule has 0 spiro atoms. The first kappa shape index (κ1) is 11.5. The molecule has 0 saturated carbocycles. The van der Waals surface area contributed by atoms with Crippen molar-refractivity contribution in [2.45, 2.75) is 6.92 Å². The predicted octanol–water partition coefficient (Wildman–Crippen LogP) is 2.10. The van der Waals surface area contributed by atoms with Gasteiger partial charge in [0.25, 0.3) is 5.17 Å². The third-order valence-corrected chi connectivity index (χ3v) is 1.65. The molecular formula is C10H11NO3S. The maximum absolute atomic E-state index is 11.2. The molecule has 15 heavy (non-hydrogen) atoms. The number of thiocarbonyl (C=S) groups is 1. The average Bonchev–Trinajstić information content (AvgIpc) is 2.19. The SMILES string of the molecule is CCOC(=S)NC(=O)Oc1ccccc1. The summed E-state index contributed by atoms with van der Waals surface area (Å²) in [4.78, 5) is 11.2. The molecule has 0 aromatic heterocycles. The zero-order chi connectivity index (χ0) is 11.1. The summed E-state index contributed by atoms with van der Waals surface area (Å²) in [5, 5.41) is 2.29. The van der Waals surface area contributed by atoms with E-state index >= 15 is 0 Å². The number of amides is 1. The van der Waals surface area contributed by atoms with Gasteiger partial charge in [0.15, 0.2) is 0 Å². The molecule has 1 N–H and O–H groups in total. The first-order chi connectivity index (χ1) is 7.22. The highest BCUT2D eigenvalue weighted by Crippen LogP contribution is 2.07. The Hall–Kier alpha value is -1.62. The van der Waals surface area contributed by atoms with Crippen LogP contribution in [0.5, 0.6) is 5.75 Å². The lowest BCUT2D eigenvalue weighted by molar-refractivity contribution is 0.202. The van der Waals surface area contributed by atoms with Crippen molar-refractivity contribution < 1.29 is 14.3 Å². The maximum Gasteiger partial charge on any atom is 0.420 e. The topological polar surface area (TPSA) is 47.6 Å². The molecule has 0 saturated heterocycles. The van der Waals surface area contributed by atoms with Crippen LogP contribution >= 0.6 is 12.2 Å². The molecule has 1 aromatic carbocycles. The largest absolute Gasteiger partial charge is 0.471 e. The van der Waals surface area contributed by atoms with Gasteiger partial charge >= 0.3 is 6.09 Å². The van der Waals surface area contributed by atoms with E-state index in [9.17, 15) is 4.79 Å². The molecule has 0 fully saturated rings. The summed E-state index contributed by atoms with van der Waals surface area (Å²) in [6.07, 6.45) is -0.653. The van der Waals surface area contributed by atoms with E-state index in [1.54, 1.807) is 31.2 Å². The zero-order valence-corrected chi connectivity index (χ0v) is 9.04. The summed E-state index contributed by atoms with van der Waals surface area (Å²) in [7, 11) is 0. The second kappa shape index (κ2) is 5.98. The summed E-state index contributed by atoms with van der Waals surface area (Å²) in [5.41, 5.74) is 0. The molecule has 0 heterocycles. The molecule has 4 nitrogen and oxygen atoms in total. The van der Waals surface area contributed by atoms with E-state index < -0.39 is 6.09 Å². The van der Waals surface area contributed by atoms with Crippen molar-refractivity contribution in [2.24, 2.45) is 0 Å². The van der Waals surface area contributed by atoms with Gasteiger partial charge in [-0.2, -0.15) is 0 Å². The summed E-state index contributed by atoms with van der Waals surface area (Å²) in [5.74, 6) is 0.453. The Bertz CT molecular complexity index is 340. The van der Waals surface area contributed by atoms with Crippen LogP contribution in [0.2, 0.25) is 0 Å². The number of carbonyl (C=O) groups excluding carboxylic acids is 1. The normalized spacial score (nSPS) is 9.13. The number of para-hydroxylation sites is 1. The van der Waals surface area contributed by atoms with Gasteiger partial charge in [-0.05, 0) is 31.3 Å². The number of nitrogens with one attached hydrogen (secondary N) is 1. The molecule has 0 aliphatic carbocycles. The highest BCUT2D eigenvalue weighted by atomic mass is 32.1. The van der Waals surface area contributed by atoms with Gasteiger partial charge in [-0.3, -0.25) is 5.32 Å². The third kappa shape index (κ3) is 4.42. The number of hydrogen-bond acceptors (Lipinski definition) is 4. The van der Waals surface area contributed by atoms with Crippen LogP contribution in [-0.4, -0.2) is 17.9 Å². The minimum Gasteiger partial charge on any atom is -0.471 e. The van der Waals surface area contributed by atoms with Crippen molar-refractivity contribution in [3.05, 3.63) is 30.3 Å². The highest BCUT2D eigenvalue weighted by Gasteiger charge is 2.06. The van der Waals surface area contributed by atoms with Crippen LogP contribution < -0.4 is 10.1 Å². The van der Waals surface area contributed by atoms with Gasteiger partial charge in [-0.1, -0.05) is 18.2 Å². The Morgan fingerprint density at radius 3 is 2.67 bits per heavy atom. The van der Waals surface area contributed by atoms with Gasteiger partial charge in [-0.25, -0.2) is 4.79 Å². The van der Waals surface area contributed by atoms with Crippen LogP contribution in [0.3, 0.4) is 0 Å². The van der Waals surface area contributed by atoms with Crippen molar-refractivity contribution in [3.63, 3.8) is 0 Å². The van der Waals surface area contributed by atoms with Crippen LogP contribution in [0, 0.1) is 0 Å². The molecule has 0 unspecified atom stereocenters. The van der Waals surface area contributed by atoms with E-state index in [1.807, 2.05) is 6.07 Å². The van der Waals surface area contributed by atoms with E-state index in [1.165, 1.54) is 0 Å². The van der Waals surface area contributed by atoms with E-state index in [0.717, 1.165) is 0 Å². The summed E-state index contributed by atoms with van der Waals surface area (Å²) < 4.78 is 9.78. The smallest absolute Gasteiger partial charge is 0.420 e. The Balaban J connectivity index is 2.40. The number of hydrogen-bond donors (Lipinski definition) is 1. The van der Waals surface area contributed by atoms with Crippen LogP contribution in [0.15, 0.2) is 30.3 Å². The van der Waals surface area contributed by atoms with Gasteiger partial charge in [0.05, 0.1) is 6.61 Å². The van der Waals surface area contributed by atoms with Crippen molar-refractivity contribution in [1.82, 2.24) is 5.32 Å². The van der Waals surface area contributed by atoms with Crippen LogP contribution in [-0.2, 0) is 4.74 Å². The molecule has 0 aliphatic rings.